The Hall–Kier alpha value is -1.14. The molecule has 76 valence electrons. The van der Waals surface area contributed by atoms with Gasteiger partial charge in [-0.1, -0.05) is 0 Å². The van der Waals surface area contributed by atoms with Crippen molar-refractivity contribution < 1.29 is 29.3 Å². The van der Waals surface area contributed by atoms with E-state index in [0.29, 0.717) is 0 Å². The second-order valence-electron chi connectivity index (χ2n) is 3.86. The quantitative estimate of drug-likeness (QED) is 0.551. The Morgan fingerprint density at radius 3 is 1.50 bits per heavy atom. The zero-order chi connectivity index (χ0) is 10.0. The number of carboxylic acid groups (broad SMARTS) is 2. The second-order valence-corrected chi connectivity index (χ2v) is 3.86. The lowest BCUT2D eigenvalue weighted by Gasteiger charge is -2.17. The molecule has 2 N–H and O–H groups in total. The molecule has 0 radical (unpaired) electrons. The molecule has 2 bridgehead atoms. The van der Waals surface area contributed by atoms with Crippen molar-refractivity contribution in [3.8, 4) is 0 Å². The maximum Gasteiger partial charge on any atom is 0.310 e. The smallest absolute Gasteiger partial charge is 0.310 e. The van der Waals surface area contributed by atoms with Crippen LogP contribution in [0.25, 0.3) is 0 Å². The Morgan fingerprint density at radius 2 is 1.14 bits per heavy atom. The Morgan fingerprint density at radius 1 is 0.786 bits per heavy atom. The highest BCUT2D eigenvalue weighted by atomic mass is 16.7. The first-order chi connectivity index (χ1) is 6.61. The topological polar surface area (TPSA) is 96.4 Å². The number of carboxylic acids is 2. The van der Waals surface area contributed by atoms with Crippen LogP contribution < -0.4 is 0 Å². The molecule has 3 heterocycles. The molecule has 0 aromatic carbocycles. The number of rotatable bonds is 2. The predicted molar refractivity (Wildman–Crippen MR) is 39.6 cm³/mol. The van der Waals surface area contributed by atoms with Crippen molar-refractivity contribution in [2.45, 2.75) is 24.4 Å². The molecule has 3 aliphatic heterocycles. The Kier molecular flexibility index (Phi) is 1.32. The van der Waals surface area contributed by atoms with E-state index in [1.807, 2.05) is 0 Å². The Bertz CT molecular complexity index is 296. The van der Waals surface area contributed by atoms with Crippen molar-refractivity contribution in [1.82, 2.24) is 0 Å². The van der Waals surface area contributed by atoms with Crippen LogP contribution in [0.2, 0.25) is 0 Å². The molecule has 14 heavy (non-hydrogen) atoms. The van der Waals surface area contributed by atoms with Crippen molar-refractivity contribution in [2.24, 2.45) is 11.8 Å². The largest absolute Gasteiger partial charge is 0.481 e. The molecule has 0 amide bonds. The van der Waals surface area contributed by atoms with Crippen molar-refractivity contribution in [2.75, 3.05) is 0 Å². The van der Waals surface area contributed by atoms with E-state index < -0.39 is 36.0 Å². The zero-order valence-electron chi connectivity index (χ0n) is 6.99. The van der Waals surface area contributed by atoms with Crippen molar-refractivity contribution >= 4 is 11.9 Å². The van der Waals surface area contributed by atoms with Gasteiger partial charge in [-0.25, -0.2) is 0 Å². The van der Waals surface area contributed by atoms with Crippen molar-refractivity contribution in [3.63, 3.8) is 0 Å². The lowest BCUT2D eigenvalue weighted by Crippen LogP contribution is -2.41. The van der Waals surface area contributed by atoms with E-state index in [9.17, 15) is 9.59 Å². The number of ether oxygens (including phenoxy) is 2. The lowest BCUT2D eigenvalue weighted by molar-refractivity contribution is -0.153. The molecule has 6 nitrogen and oxygen atoms in total. The summed E-state index contributed by atoms with van der Waals surface area (Å²) in [7, 11) is 0. The SMILES string of the molecule is O=C(O)[C@@H]1[C@H]2O[C@H]([C@H]3O[C@H]32)[C@@H]1C(=O)O. The highest BCUT2D eigenvalue weighted by molar-refractivity contribution is 5.82. The fourth-order valence-corrected chi connectivity index (χ4v) is 2.58. The molecule has 0 unspecified atom stereocenters. The molecule has 0 aliphatic carbocycles. The number of carbonyl (C=O) groups is 2. The predicted octanol–water partition coefficient (Wildman–Crippen LogP) is -1.06. The molecule has 3 rings (SSSR count). The van der Waals surface area contributed by atoms with E-state index in [4.69, 9.17) is 19.7 Å². The van der Waals surface area contributed by atoms with Gasteiger partial charge in [-0.3, -0.25) is 9.59 Å². The van der Waals surface area contributed by atoms with Crippen LogP contribution >= 0.6 is 0 Å². The summed E-state index contributed by atoms with van der Waals surface area (Å²) < 4.78 is 10.4. The summed E-state index contributed by atoms with van der Waals surface area (Å²) in [4.78, 5) is 21.7. The number of hydrogen-bond acceptors (Lipinski definition) is 4. The van der Waals surface area contributed by atoms with Crippen LogP contribution in [0.4, 0.5) is 0 Å². The van der Waals surface area contributed by atoms with E-state index in [0.717, 1.165) is 0 Å². The van der Waals surface area contributed by atoms with Gasteiger partial charge in [0.15, 0.2) is 0 Å². The highest BCUT2D eigenvalue weighted by Gasteiger charge is 2.72. The maximum absolute atomic E-state index is 10.9. The van der Waals surface area contributed by atoms with Crippen LogP contribution in [0.1, 0.15) is 0 Å². The molecule has 0 spiro atoms. The molecule has 3 saturated heterocycles. The monoisotopic (exact) mass is 200 g/mol. The molecule has 6 atom stereocenters. The van der Waals surface area contributed by atoms with Crippen LogP contribution in [0, 0.1) is 11.8 Å². The van der Waals surface area contributed by atoms with Crippen LogP contribution in [-0.2, 0) is 19.1 Å². The van der Waals surface area contributed by atoms with Gasteiger partial charge in [-0.15, -0.1) is 0 Å². The third-order valence-electron chi connectivity index (χ3n) is 3.19. The van der Waals surface area contributed by atoms with Gasteiger partial charge in [-0.2, -0.15) is 0 Å². The summed E-state index contributed by atoms with van der Waals surface area (Å²) in [6.45, 7) is 0. The summed E-state index contributed by atoms with van der Waals surface area (Å²) >= 11 is 0. The first kappa shape index (κ1) is 8.19. The molecule has 3 fully saturated rings. The van der Waals surface area contributed by atoms with Crippen molar-refractivity contribution in [3.05, 3.63) is 0 Å². The van der Waals surface area contributed by atoms with Crippen LogP contribution in [0.15, 0.2) is 0 Å². The zero-order valence-corrected chi connectivity index (χ0v) is 6.99. The van der Waals surface area contributed by atoms with Gasteiger partial charge < -0.3 is 19.7 Å². The Balaban J connectivity index is 1.95. The van der Waals surface area contributed by atoms with Crippen LogP contribution in [0.5, 0.6) is 0 Å². The number of fused-ring (bicyclic) bond motifs is 5. The van der Waals surface area contributed by atoms with Crippen LogP contribution in [0.3, 0.4) is 0 Å². The summed E-state index contributed by atoms with van der Waals surface area (Å²) in [6, 6.07) is 0. The summed E-state index contributed by atoms with van der Waals surface area (Å²) in [6.07, 6.45) is -1.50. The first-order valence-corrected chi connectivity index (χ1v) is 4.38. The standard InChI is InChI=1S/C8H8O6/c9-7(10)1-2(8(11)12)4-6-5(14-6)3(1)13-4/h1-6H,(H,9,10)(H,11,12)/t1-,2+,3+,4-,5-,6+. The molecule has 0 aromatic rings. The third kappa shape index (κ3) is 0.777. The number of epoxide rings is 1. The average molecular weight is 200 g/mol. The molecule has 3 aliphatic rings. The van der Waals surface area contributed by atoms with Gasteiger partial charge in [0.2, 0.25) is 0 Å². The van der Waals surface area contributed by atoms with Gasteiger partial charge >= 0.3 is 11.9 Å². The van der Waals surface area contributed by atoms with E-state index >= 15 is 0 Å². The van der Waals surface area contributed by atoms with Crippen molar-refractivity contribution in [1.29, 1.82) is 0 Å². The molecule has 0 saturated carbocycles. The molecular weight excluding hydrogens is 192 g/mol. The summed E-state index contributed by atoms with van der Waals surface area (Å²) in [5, 5.41) is 17.8. The lowest BCUT2D eigenvalue weighted by atomic mass is 9.79. The highest BCUT2D eigenvalue weighted by Crippen LogP contribution is 2.53. The summed E-state index contributed by atoms with van der Waals surface area (Å²) in [5.41, 5.74) is 0. The number of aliphatic carboxylic acids is 2. The van der Waals surface area contributed by atoms with E-state index in [2.05, 4.69) is 0 Å². The fraction of sp³-hybridized carbons (Fsp3) is 0.750. The Labute approximate surface area is 78.4 Å². The third-order valence-corrected chi connectivity index (χ3v) is 3.19. The fourth-order valence-electron chi connectivity index (χ4n) is 2.58. The van der Waals surface area contributed by atoms with E-state index in [1.165, 1.54) is 0 Å². The summed E-state index contributed by atoms with van der Waals surface area (Å²) in [5.74, 6) is -4.14. The van der Waals surface area contributed by atoms with Gasteiger partial charge in [0.05, 0.1) is 0 Å². The normalized spacial score (nSPS) is 52.9. The minimum atomic E-state index is -1.11. The van der Waals surface area contributed by atoms with E-state index in [-0.39, 0.29) is 12.2 Å². The molecule has 6 heteroatoms. The maximum atomic E-state index is 10.9. The minimum absolute atomic E-state index is 0.184. The second kappa shape index (κ2) is 2.26. The first-order valence-electron chi connectivity index (χ1n) is 4.38. The van der Waals surface area contributed by atoms with E-state index in [1.54, 1.807) is 0 Å². The van der Waals surface area contributed by atoms with Gasteiger partial charge in [-0.05, 0) is 0 Å². The van der Waals surface area contributed by atoms with Crippen LogP contribution in [-0.4, -0.2) is 46.6 Å². The molecule has 0 aromatic heterocycles. The average Bonchev–Trinajstić information content (AvgIpc) is 2.71. The van der Waals surface area contributed by atoms with Gasteiger partial charge in [0.1, 0.15) is 36.3 Å². The van der Waals surface area contributed by atoms with Gasteiger partial charge in [0, 0.05) is 0 Å². The minimum Gasteiger partial charge on any atom is -0.481 e. The number of hydrogen-bond donors (Lipinski definition) is 2. The molecular formula is C8H8O6. The van der Waals surface area contributed by atoms with Gasteiger partial charge in [0.25, 0.3) is 0 Å².